The topological polar surface area (TPSA) is 85.0 Å². The van der Waals surface area contributed by atoms with Gasteiger partial charge in [-0.05, 0) is 38.1 Å². The summed E-state index contributed by atoms with van der Waals surface area (Å²) in [4.78, 5) is 2.34. The molecule has 0 spiro atoms. The van der Waals surface area contributed by atoms with Crippen molar-refractivity contribution in [1.82, 2.24) is 10.1 Å². The largest absolute Gasteiger partial charge is 0.465 e. The molecule has 1 saturated heterocycles. The molecule has 4 rings (SSSR count). The maximum atomic E-state index is 9.10. The number of aryl methyl sites for hydroxylation is 2. The van der Waals surface area contributed by atoms with Crippen molar-refractivity contribution in [2.24, 2.45) is 0 Å². The van der Waals surface area contributed by atoms with Crippen LogP contribution in [-0.2, 0) is 30.7 Å². The van der Waals surface area contributed by atoms with Crippen LogP contribution in [0.25, 0.3) is 0 Å². The SMILES string of the molecule is Cc1ccc(CN(Cc2ccc(C)o2)C2(Cc3cc(CCO)on3)COC2)o1. The standard InChI is InChI=1S/C21H26N2O5/c1-15-3-5-19(26-15)11-23(12-20-6-4-16(2)27-20)21(13-25-14-21)10-17-9-18(7-8-24)28-22-17/h3-6,9,24H,7-8,10-14H2,1-2H3. The fourth-order valence-electron chi connectivity index (χ4n) is 3.65. The van der Waals surface area contributed by atoms with E-state index in [1.54, 1.807) is 0 Å². The molecule has 3 aromatic heterocycles. The van der Waals surface area contributed by atoms with Crippen molar-refractivity contribution >= 4 is 0 Å². The van der Waals surface area contributed by atoms with E-state index in [4.69, 9.17) is 23.2 Å². The second kappa shape index (κ2) is 7.95. The number of ether oxygens (including phenoxy) is 1. The fraction of sp³-hybridized carbons (Fsp3) is 0.476. The first-order chi connectivity index (χ1) is 13.6. The minimum absolute atomic E-state index is 0.0463. The van der Waals surface area contributed by atoms with E-state index in [0.717, 1.165) is 28.7 Å². The van der Waals surface area contributed by atoms with Gasteiger partial charge < -0.3 is 23.2 Å². The molecule has 150 valence electrons. The van der Waals surface area contributed by atoms with E-state index in [0.29, 0.717) is 44.9 Å². The van der Waals surface area contributed by atoms with Gasteiger partial charge in [-0.3, -0.25) is 4.90 Å². The third kappa shape index (κ3) is 4.06. The molecule has 28 heavy (non-hydrogen) atoms. The van der Waals surface area contributed by atoms with E-state index in [1.165, 1.54) is 0 Å². The van der Waals surface area contributed by atoms with E-state index in [1.807, 2.05) is 44.2 Å². The Bertz CT molecular complexity index is 863. The van der Waals surface area contributed by atoms with Crippen molar-refractivity contribution in [2.75, 3.05) is 19.8 Å². The molecule has 7 nitrogen and oxygen atoms in total. The second-order valence-electron chi connectivity index (χ2n) is 7.53. The molecule has 0 atom stereocenters. The van der Waals surface area contributed by atoms with Crippen molar-refractivity contribution < 1.29 is 23.2 Å². The van der Waals surface area contributed by atoms with Crippen LogP contribution < -0.4 is 0 Å². The van der Waals surface area contributed by atoms with Gasteiger partial charge in [-0.1, -0.05) is 5.16 Å². The molecule has 0 bridgehead atoms. The average Bonchev–Trinajstić information content (AvgIpc) is 3.34. The lowest BCUT2D eigenvalue weighted by atomic mass is 9.88. The van der Waals surface area contributed by atoms with Crippen molar-refractivity contribution in [3.05, 3.63) is 64.8 Å². The quantitative estimate of drug-likeness (QED) is 0.605. The predicted molar refractivity (Wildman–Crippen MR) is 101 cm³/mol. The third-order valence-electron chi connectivity index (χ3n) is 5.17. The molecule has 0 aromatic carbocycles. The molecule has 7 heteroatoms. The fourth-order valence-corrected chi connectivity index (χ4v) is 3.65. The van der Waals surface area contributed by atoms with E-state index >= 15 is 0 Å². The Morgan fingerprint density at radius 3 is 2.11 bits per heavy atom. The Kier molecular flexibility index (Phi) is 5.39. The van der Waals surface area contributed by atoms with E-state index in [9.17, 15) is 0 Å². The van der Waals surface area contributed by atoms with Gasteiger partial charge >= 0.3 is 0 Å². The molecule has 0 unspecified atom stereocenters. The number of aliphatic hydroxyl groups is 1. The second-order valence-corrected chi connectivity index (χ2v) is 7.53. The minimum Gasteiger partial charge on any atom is -0.465 e. The highest BCUT2D eigenvalue weighted by molar-refractivity contribution is 5.15. The van der Waals surface area contributed by atoms with Crippen molar-refractivity contribution in [2.45, 2.75) is 45.3 Å². The Hall–Kier alpha value is -2.35. The van der Waals surface area contributed by atoms with Crippen LogP contribution in [0, 0.1) is 13.8 Å². The predicted octanol–water partition coefficient (Wildman–Crippen LogP) is 3.03. The van der Waals surface area contributed by atoms with Crippen LogP contribution in [0.3, 0.4) is 0 Å². The molecular formula is C21H26N2O5. The molecule has 1 aliphatic heterocycles. The van der Waals surface area contributed by atoms with Gasteiger partial charge in [0.1, 0.15) is 28.8 Å². The lowest BCUT2D eigenvalue weighted by Gasteiger charge is -2.49. The smallest absolute Gasteiger partial charge is 0.139 e. The molecule has 4 heterocycles. The Morgan fingerprint density at radius 2 is 1.64 bits per heavy atom. The van der Waals surface area contributed by atoms with E-state index < -0.39 is 0 Å². The number of rotatable bonds is 9. The van der Waals surface area contributed by atoms with Gasteiger partial charge in [0, 0.05) is 18.9 Å². The third-order valence-corrected chi connectivity index (χ3v) is 5.17. The van der Waals surface area contributed by atoms with Crippen LogP contribution in [-0.4, -0.2) is 40.5 Å². The lowest BCUT2D eigenvalue weighted by molar-refractivity contribution is -0.150. The number of aliphatic hydroxyl groups excluding tert-OH is 1. The van der Waals surface area contributed by atoms with E-state index in [-0.39, 0.29) is 12.1 Å². The highest BCUT2D eigenvalue weighted by Crippen LogP contribution is 2.33. The van der Waals surface area contributed by atoms with Crippen molar-refractivity contribution in [1.29, 1.82) is 0 Å². The van der Waals surface area contributed by atoms with Gasteiger partial charge in [-0.15, -0.1) is 0 Å². The summed E-state index contributed by atoms with van der Waals surface area (Å²) < 4.78 is 22.6. The zero-order valence-corrected chi connectivity index (χ0v) is 16.3. The molecule has 1 aliphatic rings. The summed E-state index contributed by atoms with van der Waals surface area (Å²) in [5.74, 6) is 4.31. The van der Waals surface area contributed by atoms with Gasteiger partial charge in [0.25, 0.3) is 0 Å². The molecule has 0 radical (unpaired) electrons. The highest BCUT2D eigenvalue weighted by atomic mass is 16.5. The summed E-state index contributed by atoms with van der Waals surface area (Å²) in [5.41, 5.74) is 0.650. The zero-order valence-electron chi connectivity index (χ0n) is 16.3. The molecular weight excluding hydrogens is 360 g/mol. The normalized spacial score (nSPS) is 15.9. The van der Waals surface area contributed by atoms with E-state index in [2.05, 4.69) is 10.1 Å². The van der Waals surface area contributed by atoms with Crippen LogP contribution in [0.1, 0.15) is 34.5 Å². The Labute approximate surface area is 163 Å². The number of aromatic nitrogens is 1. The lowest BCUT2D eigenvalue weighted by Crippen LogP contribution is -2.63. The van der Waals surface area contributed by atoms with Crippen LogP contribution in [0.4, 0.5) is 0 Å². The molecule has 3 aromatic rings. The Morgan fingerprint density at radius 1 is 1.00 bits per heavy atom. The van der Waals surface area contributed by atoms with Gasteiger partial charge in [0.05, 0.1) is 44.1 Å². The number of furan rings is 2. The maximum absolute atomic E-state index is 9.10. The highest BCUT2D eigenvalue weighted by Gasteiger charge is 2.45. The molecule has 0 amide bonds. The van der Waals surface area contributed by atoms with Crippen molar-refractivity contribution in [3.63, 3.8) is 0 Å². The number of hydrogen-bond donors (Lipinski definition) is 1. The summed E-state index contributed by atoms with van der Waals surface area (Å²) in [6, 6.07) is 9.90. The van der Waals surface area contributed by atoms with Crippen LogP contribution >= 0.6 is 0 Å². The van der Waals surface area contributed by atoms with Crippen LogP contribution in [0.2, 0.25) is 0 Å². The molecule has 1 N–H and O–H groups in total. The first kappa shape index (κ1) is 19.0. The summed E-state index contributed by atoms with van der Waals surface area (Å²) in [6.07, 6.45) is 1.17. The first-order valence-electron chi connectivity index (χ1n) is 9.55. The monoisotopic (exact) mass is 386 g/mol. The van der Waals surface area contributed by atoms with Gasteiger partial charge in [-0.2, -0.15) is 0 Å². The van der Waals surface area contributed by atoms with Gasteiger partial charge in [0.15, 0.2) is 0 Å². The zero-order chi connectivity index (χ0) is 19.6. The molecule has 0 saturated carbocycles. The van der Waals surface area contributed by atoms with Gasteiger partial charge in [0.2, 0.25) is 0 Å². The van der Waals surface area contributed by atoms with Crippen molar-refractivity contribution in [3.8, 4) is 0 Å². The minimum atomic E-state index is -0.214. The van der Waals surface area contributed by atoms with Crippen LogP contribution in [0.5, 0.6) is 0 Å². The molecule has 1 fully saturated rings. The number of nitrogens with zero attached hydrogens (tertiary/aromatic N) is 2. The summed E-state index contributed by atoms with van der Waals surface area (Å²) in [6.45, 7) is 6.46. The Balaban J connectivity index is 1.57. The van der Waals surface area contributed by atoms with Crippen LogP contribution in [0.15, 0.2) is 43.7 Å². The maximum Gasteiger partial charge on any atom is 0.139 e. The van der Waals surface area contributed by atoms with Gasteiger partial charge in [-0.25, -0.2) is 0 Å². The summed E-state index contributed by atoms with van der Waals surface area (Å²) in [7, 11) is 0. The number of hydrogen-bond acceptors (Lipinski definition) is 7. The molecule has 0 aliphatic carbocycles. The summed E-state index contributed by atoms with van der Waals surface area (Å²) in [5, 5.41) is 13.3. The first-order valence-corrected chi connectivity index (χ1v) is 9.55. The summed E-state index contributed by atoms with van der Waals surface area (Å²) >= 11 is 0. The average molecular weight is 386 g/mol.